The second kappa shape index (κ2) is 7.52. The smallest absolute Gasteiger partial charge is 0.266 e. The Kier molecular flexibility index (Phi) is 4.98. The minimum absolute atomic E-state index is 0.0519. The van der Waals surface area contributed by atoms with Crippen LogP contribution in [0.3, 0.4) is 0 Å². The van der Waals surface area contributed by atoms with E-state index >= 15 is 0 Å². The monoisotopic (exact) mass is 348 g/mol. The normalized spacial score (nSPS) is 11.0. The number of nitrogens with zero attached hydrogens (tertiary/aromatic N) is 1. The molecular formula is C20H13ClN2O2. The summed E-state index contributed by atoms with van der Waals surface area (Å²) >= 11 is 5.81. The van der Waals surface area contributed by atoms with Crippen molar-refractivity contribution in [2.75, 3.05) is 5.32 Å². The Bertz CT molecular complexity index is 951. The second-order valence-corrected chi connectivity index (χ2v) is 5.64. The molecule has 122 valence electrons. The Labute approximate surface area is 150 Å². The molecule has 3 aromatic rings. The van der Waals surface area contributed by atoms with Gasteiger partial charge in [0.1, 0.15) is 23.2 Å². The summed E-state index contributed by atoms with van der Waals surface area (Å²) in [6.07, 6.45) is 1.41. The lowest BCUT2D eigenvalue weighted by atomic mass is 10.2. The fraction of sp³-hybridized carbons (Fsp3) is 0. The summed E-state index contributed by atoms with van der Waals surface area (Å²) < 4.78 is 5.69. The van der Waals surface area contributed by atoms with Crippen molar-refractivity contribution in [2.45, 2.75) is 0 Å². The third kappa shape index (κ3) is 4.17. The van der Waals surface area contributed by atoms with Crippen LogP contribution >= 0.6 is 11.6 Å². The summed E-state index contributed by atoms with van der Waals surface area (Å²) in [5.74, 6) is 0.589. The molecule has 2 aromatic carbocycles. The van der Waals surface area contributed by atoms with Gasteiger partial charge in [0.05, 0.1) is 0 Å². The number of benzene rings is 2. The van der Waals surface area contributed by atoms with Gasteiger partial charge < -0.3 is 9.73 Å². The standard InChI is InChI=1S/C20H13ClN2O2/c21-16-6-8-17(9-7-16)23-20(24)15(13-22)12-18-10-11-19(25-18)14-4-2-1-3-5-14/h1-12H,(H,23,24). The van der Waals surface area contributed by atoms with Crippen molar-refractivity contribution in [3.05, 3.63) is 83.1 Å². The van der Waals surface area contributed by atoms with Crippen LogP contribution in [0.2, 0.25) is 5.02 Å². The van der Waals surface area contributed by atoms with Crippen LogP contribution in [0, 0.1) is 11.3 Å². The molecule has 1 aromatic heterocycles. The quantitative estimate of drug-likeness (QED) is 0.524. The van der Waals surface area contributed by atoms with Crippen molar-refractivity contribution >= 4 is 29.3 Å². The summed E-state index contributed by atoms with van der Waals surface area (Å²) in [4.78, 5) is 12.2. The number of halogens is 1. The van der Waals surface area contributed by atoms with Crippen molar-refractivity contribution in [1.29, 1.82) is 5.26 Å². The predicted molar refractivity (Wildman–Crippen MR) is 97.8 cm³/mol. The van der Waals surface area contributed by atoms with E-state index in [1.165, 1.54) is 6.08 Å². The summed E-state index contributed by atoms with van der Waals surface area (Å²) in [7, 11) is 0. The highest BCUT2D eigenvalue weighted by Gasteiger charge is 2.11. The first-order valence-electron chi connectivity index (χ1n) is 7.50. The fourth-order valence-corrected chi connectivity index (χ4v) is 2.34. The van der Waals surface area contributed by atoms with E-state index in [0.717, 1.165) is 5.56 Å². The second-order valence-electron chi connectivity index (χ2n) is 5.20. The lowest BCUT2D eigenvalue weighted by Gasteiger charge is -2.03. The first-order chi connectivity index (χ1) is 12.2. The van der Waals surface area contributed by atoms with Crippen molar-refractivity contribution in [2.24, 2.45) is 0 Å². The number of anilines is 1. The average Bonchev–Trinajstić information content (AvgIpc) is 3.11. The van der Waals surface area contributed by atoms with Gasteiger partial charge >= 0.3 is 0 Å². The number of hydrogen-bond donors (Lipinski definition) is 1. The molecule has 5 heteroatoms. The Hall–Kier alpha value is -3.29. The highest BCUT2D eigenvalue weighted by atomic mass is 35.5. The maximum atomic E-state index is 12.2. The zero-order valence-corrected chi connectivity index (χ0v) is 13.8. The molecule has 4 nitrogen and oxygen atoms in total. The van der Waals surface area contributed by atoms with Gasteiger partial charge in [-0.05, 0) is 36.4 Å². The number of rotatable bonds is 4. The number of carbonyl (C=O) groups is 1. The van der Waals surface area contributed by atoms with E-state index in [2.05, 4.69) is 5.32 Å². The first-order valence-corrected chi connectivity index (χ1v) is 7.87. The number of nitriles is 1. The highest BCUT2D eigenvalue weighted by Crippen LogP contribution is 2.23. The Balaban J connectivity index is 1.78. The average molecular weight is 349 g/mol. The molecule has 0 aliphatic carbocycles. The molecule has 0 saturated carbocycles. The van der Waals surface area contributed by atoms with Crippen LogP contribution in [0.15, 0.2) is 76.7 Å². The minimum atomic E-state index is -0.512. The van der Waals surface area contributed by atoms with E-state index in [-0.39, 0.29) is 5.57 Å². The van der Waals surface area contributed by atoms with Gasteiger partial charge in [-0.3, -0.25) is 4.79 Å². The molecule has 1 N–H and O–H groups in total. The van der Waals surface area contributed by atoms with Crippen molar-refractivity contribution in [3.8, 4) is 17.4 Å². The third-order valence-corrected chi connectivity index (χ3v) is 3.69. The molecule has 0 unspecified atom stereocenters. The van der Waals surface area contributed by atoms with Crippen LogP contribution in [-0.2, 0) is 4.79 Å². The number of furan rings is 1. The van der Waals surface area contributed by atoms with E-state index < -0.39 is 5.91 Å². The van der Waals surface area contributed by atoms with Crippen LogP contribution in [0.5, 0.6) is 0 Å². The Morgan fingerprint density at radius 2 is 1.76 bits per heavy atom. The Morgan fingerprint density at radius 3 is 2.44 bits per heavy atom. The number of amides is 1. The number of hydrogen-bond acceptors (Lipinski definition) is 3. The maximum Gasteiger partial charge on any atom is 0.266 e. The lowest BCUT2D eigenvalue weighted by Crippen LogP contribution is -2.13. The van der Waals surface area contributed by atoms with Crippen molar-refractivity contribution in [1.82, 2.24) is 0 Å². The van der Waals surface area contributed by atoms with E-state index in [0.29, 0.717) is 22.2 Å². The molecule has 0 fully saturated rings. The van der Waals surface area contributed by atoms with Gasteiger partial charge in [0.2, 0.25) is 0 Å². The van der Waals surface area contributed by atoms with Crippen LogP contribution < -0.4 is 5.32 Å². The van der Waals surface area contributed by atoms with E-state index in [4.69, 9.17) is 16.0 Å². The summed E-state index contributed by atoms with van der Waals surface area (Å²) in [5, 5.41) is 12.5. The van der Waals surface area contributed by atoms with E-state index in [1.807, 2.05) is 36.4 Å². The predicted octanol–water partition coefficient (Wildman–Crippen LogP) is 5.15. The number of nitrogens with one attached hydrogen (secondary N) is 1. The van der Waals surface area contributed by atoms with Gasteiger partial charge in [-0.1, -0.05) is 41.9 Å². The maximum absolute atomic E-state index is 12.2. The molecule has 0 saturated heterocycles. The summed E-state index contributed by atoms with van der Waals surface area (Å²) in [6, 6.07) is 21.6. The molecule has 0 radical (unpaired) electrons. The van der Waals surface area contributed by atoms with Crippen LogP contribution in [-0.4, -0.2) is 5.91 Å². The molecule has 0 aliphatic heterocycles. The van der Waals surface area contributed by atoms with Gasteiger partial charge in [0.25, 0.3) is 5.91 Å². The molecule has 0 aliphatic rings. The van der Waals surface area contributed by atoms with Crippen molar-refractivity contribution in [3.63, 3.8) is 0 Å². The van der Waals surface area contributed by atoms with E-state index in [9.17, 15) is 10.1 Å². The van der Waals surface area contributed by atoms with Gasteiger partial charge in [-0.2, -0.15) is 5.26 Å². The largest absolute Gasteiger partial charge is 0.457 e. The topological polar surface area (TPSA) is 66.0 Å². The van der Waals surface area contributed by atoms with Gasteiger partial charge in [-0.15, -0.1) is 0 Å². The molecule has 1 amide bonds. The van der Waals surface area contributed by atoms with Gasteiger partial charge in [-0.25, -0.2) is 0 Å². The minimum Gasteiger partial charge on any atom is -0.457 e. The SMILES string of the molecule is N#CC(=Cc1ccc(-c2ccccc2)o1)C(=O)Nc1ccc(Cl)cc1. The zero-order chi connectivity index (χ0) is 17.6. The molecule has 0 atom stereocenters. The Morgan fingerprint density at radius 1 is 1.04 bits per heavy atom. The molecule has 25 heavy (non-hydrogen) atoms. The highest BCUT2D eigenvalue weighted by molar-refractivity contribution is 6.30. The van der Waals surface area contributed by atoms with Crippen LogP contribution in [0.25, 0.3) is 17.4 Å². The first kappa shape index (κ1) is 16.6. The van der Waals surface area contributed by atoms with E-state index in [1.54, 1.807) is 36.4 Å². The molecule has 0 bridgehead atoms. The van der Waals surface area contributed by atoms with Crippen molar-refractivity contribution < 1.29 is 9.21 Å². The lowest BCUT2D eigenvalue weighted by molar-refractivity contribution is -0.112. The van der Waals surface area contributed by atoms with Gasteiger partial charge in [0, 0.05) is 22.3 Å². The fourth-order valence-electron chi connectivity index (χ4n) is 2.21. The van der Waals surface area contributed by atoms with Gasteiger partial charge in [0.15, 0.2) is 0 Å². The molecule has 0 spiro atoms. The van der Waals surface area contributed by atoms with Crippen LogP contribution in [0.1, 0.15) is 5.76 Å². The summed E-state index contributed by atoms with van der Waals surface area (Å²) in [5.41, 5.74) is 1.43. The molecule has 3 rings (SSSR count). The number of carbonyl (C=O) groups excluding carboxylic acids is 1. The summed E-state index contributed by atoms with van der Waals surface area (Å²) in [6.45, 7) is 0. The third-order valence-electron chi connectivity index (χ3n) is 3.44. The molecule has 1 heterocycles. The molecular weight excluding hydrogens is 336 g/mol. The van der Waals surface area contributed by atoms with Crippen LogP contribution in [0.4, 0.5) is 5.69 Å². The zero-order valence-electron chi connectivity index (χ0n) is 13.1.